The molecule has 1 aliphatic heterocycles. The van der Waals surface area contributed by atoms with Gasteiger partial charge in [-0.1, -0.05) is 23.2 Å². The molecule has 1 N–H and O–H groups in total. The normalized spacial score (nSPS) is 15.5. The summed E-state index contributed by atoms with van der Waals surface area (Å²) in [6, 6.07) is 7.70. The number of sulfonamides is 1. The zero-order valence-electron chi connectivity index (χ0n) is 13.9. The highest BCUT2D eigenvalue weighted by molar-refractivity contribution is 7.89. The van der Waals surface area contributed by atoms with Gasteiger partial charge in [0.25, 0.3) is 5.91 Å². The van der Waals surface area contributed by atoms with E-state index in [1.807, 2.05) is 0 Å². The summed E-state index contributed by atoms with van der Waals surface area (Å²) in [5.74, 6) is -1.43. The third-order valence-corrected chi connectivity index (χ3v) is 6.61. The number of amides is 1. The number of nitrogens with zero attached hydrogens (tertiary/aromatic N) is 1. The lowest BCUT2D eigenvalue weighted by Crippen LogP contribution is -2.40. The molecule has 1 heterocycles. The van der Waals surface area contributed by atoms with Gasteiger partial charge < -0.3 is 10.1 Å². The quantitative estimate of drug-likeness (QED) is 0.802. The van der Waals surface area contributed by atoms with E-state index in [4.69, 9.17) is 27.9 Å². The first-order valence-corrected chi connectivity index (χ1v) is 10.1. The van der Waals surface area contributed by atoms with Crippen LogP contribution in [0, 0.1) is 5.82 Å². The molecular formula is C17H15Cl2FN2O4S. The van der Waals surface area contributed by atoms with E-state index in [2.05, 4.69) is 5.32 Å². The van der Waals surface area contributed by atoms with Crippen molar-refractivity contribution in [3.63, 3.8) is 0 Å². The summed E-state index contributed by atoms with van der Waals surface area (Å²) in [6.45, 7) is 0.770. The number of benzene rings is 2. The van der Waals surface area contributed by atoms with Crippen molar-refractivity contribution in [2.24, 2.45) is 0 Å². The highest BCUT2D eigenvalue weighted by atomic mass is 35.5. The van der Waals surface area contributed by atoms with Gasteiger partial charge in [0.05, 0.1) is 23.3 Å². The summed E-state index contributed by atoms with van der Waals surface area (Å²) in [4.78, 5) is 11.8. The molecule has 6 nitrogen and oxygen atoms in total. The van der Waals surface area contributed by atoms with Crippen LogP contribution in [0.25, 0.3) is 0 Å². The van der Waals surface area contributed by atoms with Gasteiger partial charge in [0.2, 0.25) is 10.0 Å². The number of hydrogen-bond acceptors (Lipinski definition) is 4. The van der Waals surface area contributed by atoms with E-state index in [0.29, 0.717) is 5.02 Å². The van der Waals surface area contributed by atoms with Crippen LogP contribution < -0.4 is 5.32 Å². The Kier molecular flexibility index (Phi) is 6.02. The predicted molar refractivity (Wildman–Crippen MR) is 100 cm³/mol. The zero-order chi connectivity index (χ0) is 19.6. The van der Waals surface area contributed by atoms with E-state index in [0.717, 1.165) is 16.4 Å². The summed E-state index contributed by atoms with van der Waals surface area (Å²) in [7, 11) is -4.04. The van der Waals surface area contributed by atoms with Crippen molar-refractivity contribution in [2.75, 3.05) is 31.6 Å². The minimum absolute atomic E-state index is 0.138. The standard InChI is InChI=1S/C17H15Cl2FN2O4S/c18-13-3-1-11(9-14(13)19)17(23)21-12-2-4-15(20)16(10-12)27(24,25)22-5-7-26-8-6-22/h1-4,9-10H,5-8H2,(H,21,23). The number of halogens is 3. The van der Waals surface area contributed by atoms with Gasteiger partial charge in [0.15, 0.2) is 0 Å². The van der Waals surface area contributed by atoms with E-state index < -0.39 is 26.6 Å². The highest BCUT2D eigenvalue weighted by Crippen LogP contribution is 2.26. The Bertz CT molecular complexity index is 979. The fraction of sp³-hybridized carbons (Fsp3) is 0.235. The Morgan fingerprint density at radius 3 is 2.44 bits per heavy atom. The molecule has 0 unspecified atom stereocenters. The van der Waals surface area contributed by atoms with Gasteiger partial charge in [-0.2, -0.15) is 4.31 Å². The van der Waals surface area contributed by atoms with Crippen LogP contribution in [0.5, 0.6) is 0 Å². The number of carbonyl (C=O) groups is 1. The molecule has 1 aliphatic rings. The molecule has 144 valence electrons. The largest absolute Gasteiger partial charge is 0.379 e. The van der Waals surface area contributed by atoms with Gasteiger partial charge in [-0.05, 0) is 36.4 Å². The first kappa shape index (κ1) is 20.0. The Morgan fingerprint density at radius 1 is 1.07 bits per heavy atom. The number of nitrogens with one attached hydrogen (secondary N) is 1. The van der Waals surface area contributed by atoms with Crippen molar-refractivity contribution in [1.29, 1.82) is 0 Å². The molecule has 2 aromatic carbocycles. The van der Waals surface area contributed by atoms with Crippen LogP contribution in [0.4, 0.5) is 10.1 Å². The fourth-order valence-electron chi connectivity index (χ4n) is 2.55. The van der Waals surface area contributed by atoms with Crippen LogP contribution in [-0.4, -0.2) is 44.9 Å². The van der Waals surface area contributed by atoms with Crippen LogP contribution in [0.2, 0.25) is 10.0 Å². The van der Waals surface area contributed by atoms with Gasteiger partial charge in [0, 0.05) is 24.3 Å². The topological polar surface area (TPSA) is 75.7 Å². The smallest absolute Gasteiger partial charge is 0.255 e. The van der Waals surface area contributed by atoms with E-state index in [1.165, 1.54) is 24.3 Å². The van der Waals surface area contributed by atoms with E-state index in [-0.39, 0.29) is 42.6 Å². The summed E-state index contributed by atoms with van der Waals surface area (Å²) in [5, 5.41) is 3.04. The van der Waals surface area contributed by atoms with Crippen molar-refractivity contribution >= 4 is 44.8 Å². The Labute approximate surface area is 165 Å². The Morgan fingerprint density at radius 2 is 1.78 bits per heavy atom. The van der Waals surface area contributed by atoms with Gasteiger partial charge in [0.1, 0.15) is 10.7 Å². The molecule has 0 atom stereocenters. The number of carbonyl (C=O) groups excluding carboxylic acids is 1. The maximum absolute atomic E-state index is 14.2. The van der Waals surface area contributed by atoms with E-state index in [1.54, 1.807) is 0 Å². The zero-order valence-corrected chi connectivity index (χ0v) is 16.2. The van der Waals surface area contributed by atoms with E-state index in [9.17, 15) is 17.6 Å². The van der Waals surface area contributed by atoms with Crippen LogP contribution in [0.3, 0.4) is 0 Å². The van der Waals surface area contributed by atoms with Gasteiger partial charge in [-0.15, -0.1) is 0 Å². The Hall–Kier alpha value is -1.71. The molecule has 10 heteroatoms. The van der Waals surface area contributed by atoms with Gasteiger partial charge >= 0.3 is 0 Å². The number of hydrogen-bond donors (Lipinski definition) is 1. The molecule has 0 spiro atoms. The molecule has 1 amide bonds. The SMILES string of the molecule is O=C(Nc1ccc(F)c(S(=O)(=O)N2CCOCC2)c1)c1ccc(Cl)c(Cl)c1. The average molecular weight is 433 g/mol. The highest BCUT2D eigenvalue weighted by Gasteiger charge is 2.29. The van der Waals surface area contributed by atoms with Gasteiger partial charge in [-0.25, -0.2) is 12.8 Å². The molecule has 0 aliphatic carbocycles. The summed E-state index contributed by atoms with van der Waals surface area (Å²) < 4.78 is 45.8. The second kappa shape index (κ2) is 8.12. The van der Waals surface area contributed by atoms with E-state index >= 15 is 0 Å². The maximum Gasteiger partial charge on any atom is 0.255 e. The molecule has 1 fully saturated rings. The molecule has 27 heavy (non-hydrogen) atoms. The molecule has 0 radical (unpaired) electrons. The lowest BCUT2D eigenvalue weighted by atomic mass is 10.2. The molecule has 2 aromatic rings. The number of ether oxygens (including phenoxy) is 1. The van der Waals surface area contributed by atoms with Crippen LogP contribution in [-0.2, 0) is 14.8 Å². The van der Waals surface area contributed by atoms with Crippen molar-refractivity contribution in [1.82, 2.24) is 4.31 Å². The summed E-state index contributed by atoms with van der Waals surface area (Å²) in [6.07, 6.45) is 0. The fourth-order valence-corrected chi connectivity index (χ4v) is 4.34. The van der Waals surface area contributed by atoms with Crippen molar-refractivity contribution in [2.45, 2.75) is 4.90 Å². The van der Waals surface area contributed by atoms with Crippen molar-refractivity contribution in [3.8, 4) is 0 Å². The first-order chi connectivity index (χ1) is 12.8. The lowest BCUT2D eigenvalue weighted by molar-refractivity contribution is 0.0729. The summed E-state index contributed by atoms with van der Waals surface area (Å²) in [5.41, 5.74) is 0.366. The number of rotatable bonds is 4. The van der Waals surface area contributed by atoms with Crippen molar-refractivity contribution < 1.29 is 22.3 Å². The maximum atomic E-state index is 14.2. The predicted octanol–water partition coefficient (Wildman–Crippen LogP) is 3.41. The molecule has 0 saturated carbocycles. The third-order valence-electron chi connectivity index (χ3n) is 3.96. The molecule has 3 rings (SSSR count). The van der Waals surface area contributed by atoms with Crippen LogP contribution in [0.1, 0.15) is 10.4 Å². The van der Waals surface area contributed by atoms with Crippen LogP contribution in [0.15, 0.2) is 41.3 Å². The minimum Gasteiger partial charge on any atom is -0.379 e. The molecule has 1 saturated heterocycles. The first-order valence-electron chi connectivity index (χ1n) is 7.93. The monoisotopic (exact) mass is 432 g/mol. The minimum atomic E-state index is -4.04. The number of morpholine rings is 1. The van der Waals surface area contributed by atoms with Crippen molar-refractivity contribution in [3.05, 3.63) is 57.8 Å². The second-order valence-corrected chi connectivity index (χ2v) is 8.47. The summed E-state index contributed by atoms with van der Waals surface area (Å²) >= 11 is 11.7. The van der Waals surface area contributed by atoms with Gasteiger partial charge in [-0.3, -0.25) is 4.79 Å². The number of anilines is 1. The molecular weight excluding hydrogens is 418 g/mol. The molecule has 0 bridgehead atoms. The lowest BCUT2D eigenvalue weighted by Gasteiger charge is -2.26. The Balaban J connectivity index is 1.86. The average Bonchev–Trinajstić information content (AvgIpc) is 2.66. The van der Waals surface area contributed by atoms with Crippen LogP contribution >= 0.6 is 23.2 Å². The third kappa shape index (κ3) is 4.41. The second-order valence-electron chi connectivity index (χ2n) is 5.74. The molecule has 0 aromatic heterocycles.